The van der Waals surface area contributed by atoms with Gasteiger partial charge in [0.25, 0.3) is 5.91 Å². The predicted octanol–water partition coefficient (Wildman–Crippen LogP) is 5.49. The zero-order valence-electron chi connectivity index (χ0n) is 19.2. The fourth-order valence-corrected chi connectivity index (χ4v) is 4.03. The summed E-state index contributed by atoms with van der Waals surface area (Å²) in [5, 5.41) is 10.3. The molecule has 1 N–H and O–H groups in total. The van der Waals surface area contributed by atoms with Crippen molar-refractivity contribution in [1.82, 2.24) is 19.3 Å². The molecule has 4 aromatic rings. The highest BCUT2D eigenvalue weighted by atomic mass is 32.1. The first-order valence-corrected chi connectivity index (χ1v) is 11.4. The van der Waals surface area contributed by atoms with E-state index in [9.17, 15) is 18.0 Å². The molecule has 7 nitrogen and oxygen atoms in total. The highest BCUT2D eigenvalue weighted by Crippen LogP contribution is 2.30. The van der Waals surface area contributed by atoms with Crippen molar-refractivity contribution in [1.29, 1.82) is 0 Å². The Kier molecular flexibility index (Phi) is 7.90. The van der Waals surface area contributed by atoms with Crippen LogP contribution in [0.2, 0.25) is 0 Å². The van der Waals surface area contributed by atoms with Gasteiger partial charge in [-0.2, -0.15) is 13.2 Å². The summed E-state index contributed by atoms with van der Waals surface area (Å²) < 4.78 is 33.8. The van der Waals surface area contributed by atoms with E-state index in [-0.39, 0.29) is 5.91 Å². The molecule has 0 bridgehead atoms. The van der Waals surface area contributed by atoms with Gasteiger partial charge >= 0.3 is 12.1 Å². The second-order valence-electron chi connectivity index (χ2n) is 7.91. The van der Waals surface area contributed by atoms with Gasteiger partial charge in [-0.05, 0) is 30.3 Å². The molecule has 4 rings (SSSR count). The highest BCUT2D eigenvalue weighted by Gasteiger charge is 2.38. The van der Waals surface area contributed by atoms with Crippen LogP contribution in [-0.2, 0) is 11.3 Å². The van der Waals surface area contributed by atoms with Gasteiger partial charge in [-0.3, -0.25) is 9.78 Å². The van der Waals surface area contributed by atoms with E-state index in [1.165, 1.54) is 0 Å². The largest absolute Gasteiger partial charge is 0.490 e. The van der Waals surface area contributed by atoms with E-state index in [4.69, 9.17) is 14.9 Å². The summed E-state index contributed by atoms with van der Waals surface area (Å²) in [6, 6.07) is 13.6. The van der Waals surface area contributed by atoms with Crippen molar-refractivity contribution in [3.05, 3.63) is 76.5 Å². The molecule has 184 valence electrons. The minimum absolute atomic E-state index is 0.0279. The molecule has 11 heteroatoms. The van der Waals surface area contributed by atoms with Crippen LogP contribution in [0.5, 0.6) is 0 Å². The summed E-state index contributed by atoms with van der Waals surface area (Å²) in [6.07, 6.45) is -1.36. The smallest absolute Gasteiger partial charge is 0.475 e. The van der Waals surface area contributed by atoms with Crippen molar-refractivity contribution in [2.24, 2.45) is 0 Å². The molecule has 35 heavy (non-hydrogen) atoms. The number of nitrogens with zero attached hydrogens (tertiary/aromatic N) is 4. The molecule has 1 amide bonds. The van der Waals surface area contributed by atoms with E-state index >= 15 is 0 Å². The van der Waals surface area contributed by atoms with Gasteiger partial charge in [0.2, 0.25) is 0 Å². The van der Waals surface area contributed by atoms with Crippen LogP contribution in [0.1, 0.15) is 40.8 Å². The molecule has 4 heterocycles. The lowest BCUT2D eigenvalue weighted by molar-refractivity contribution is -0.192. The fourth-order valence-electron chi connectivity index (χ4n) is 3.20. The molecule has 0 aliphatic heterocycles. The molecule has 4 aromatic heterocycles. The van der Waals surface area contributed by atoms with Crippen LogP contribution in [0.3, 0.4) is 0 Å². The summed E-state index contributed by atoms with van der Waals surface area (Å²) >= 11 is 1.66. The Morgan fingerprint density at radius 2 is 1.86 bits per heavy atom. The van der Waals surface area contributed by atoms with Crippen LogP contribution in [0.25, 0.3) is 16.9 Å². The second kappa shape index (κ2) is 10.7. The van der Waals surface area contributed by atoms with E-state index in [2.05, 4.69) is 24.2 Å². The molecule has 0 fully saturated rings. The highest BCUT2D eigenvalue weighted by molar-refractivity contribution is 7.10. The number of carboxylic acids is 1. The van der Waals surface area contributed by atoms with E-state index in [0.29, 0.717) is 18.0 Å². The number of hydrogen-bond acceptors (Lipinski definition) is 5. The van der Waals surface area contributed by atoms with Gasteiger partial charge in [-0.15, -0.1) is 11.3 Å². The number of alkyl halides is 3. The van der Waals surface area contributed by atoms with E-state index < -0.39 is 12.1 Å². The molecule has 0 atom stereocenters. The minimum atomic E-state index is -5.08. The lowest BCUT2D eigenvalue weighted by Crippen LogP contribution is -2.26. The van der Waals surface area contributed by atoms with Crippen molar-refractivity contribution >= 4 is 28.7 Å². The minimum Gasteiger partial charge on any atom is -0.475 e. The summed E-state index contributed by atoms with van der Waals surface area (Å²) in [5.41, 5.74) is 4.26. The summed E-state index contributed by atoms with van der Waals surface area (Å²) in [7, 11) is 1.81. The number of carboxylic acid groups (broad SMARTS) is 1. The quantitative estimate of drug-likeness (QED) is 0.389. The number of amides is 1. The average molecular weight is 505 g/mol. The third kappa shape index (κ3) is 6.24. The lowest BCUT2D eigenvalue weighted by Gasteiger charge is -2.16. The molecule has 0 aliphatic rings. The Hall–Kier alpha value is -3.73. The number of hydrogen-bond donors (Lipinski definition) is 1. The molecular weight excluding hydrogens is 481 g/mol. The Labute approximate surface area is 203 Å². The van der Waals surface area contributed by atoms with E-state index in [1.54, 1.807) is 22.4 Å². The van der Waals surface area contributed by atoms with Crippen LogP contribution >= 0.6 is 11.3 Å². The Balaban J connectivity index is 0.000000429. The van der Waals surface area contributed by atoms with Gasteiger partial charge in [0.1, 0.15) is 0 Å². The normalized spacial score (nSPS) is 11.3. The van der Waals surface area contributed by atoms with Crippen molar-refractivity contribution in [3.63, 3.8) is 0 Å². The van der Waals surface area contributed by atoms with E-state index in [0.717, 1.165) is 27.6 Å². The number of halogens is 3. The maximum absolute atomic E-state index is 13.2. The van der Waals surface area contributed by atoms with Crippen molar-refractivity contribution in [3.8, 4) is 11.4 Å². The first-order valence-electron chi connectivity index (χ1n) is 10.5. The Bertz CT molecular complexity index is 1320. The Morgan fingerprint density at radius 1 is 1.17 bits per heavy atom. The third-order valence-corrected chi connectivity index (χ3v) is 6.04. The van der Waals surface area contributed by atoms with Crippen LogP contribution in [0, 0.1) is 0 Å². The van der Waals surface area contributed by atoms with Gasteiger partial charge < -0.3 is 14.4 Å². The number of carbonyl (C=O) groups excluding carboxylic acids is 1. The van der Waals surface area contributed by atoms with Gasteiger partial charge in [0.15, 0.2) is 0 Å². The molecule has 0 radical (unpaired) electrons. The van der Waals surface area contributed by atoms with Crippen molar-refractivity contribution < 1.29 is 27.9 Å². The number of pyridine rings is 2. The monoisotopic (exact) mass is 504 g/mol. The van der Waals surface area contributed by atoms with Gasteiger partial charge in [0.05, 0.1) is 39.7 Å². The molecule has 0 aliphatic carbocycles. The lowest BCUT2D eigenvalue weighted by atomic mass is 10.2. The van der Waals surface area contributed by atoms with Gasteiger partial charge in [-0.25, -0.2) is 9.78 Å². The molecule has 0 unspecified atom stereocenters. The number of rotatable bonds is 5. The van der Waals surface area contributed by atoms with Crippen molar-refractivity contribution in [2.45, 2.75) is 32.5 Å². The zero-order chi connectivity index (χ0) is 25.8. The predicted molar refractivity (Wildman–Crippen MR) is 126 cm³/mol. The molecule has 0 spiro atoms. The first kappa shape index (κ1) is 25.9. The molecule has 0 saturated heterocycles. The number of carbonyl (C=O) groups is 2. The molecule has 0 aromatic carbocycles. The van der Waals surface area contributed by atoms with Crippen LogP contribution in [-0.4, -0.2) is 49.5 Å². The topological polar surface area (TPSA) is 87.8 Å². The number of thiazole rings is 1. The SMILES string of the molecule is CC(C)c1nc(-c2cc(C(=O)N(C)Cc3ccccn3)c3ccccn23)cs1.O=C(O)C(F)(F)F. The summed E-state index contributed by atoms with van der Waals surface area (Å²) in [4.78, 5) is 32.9. The first-order chi connectivity index (χ1) is 16.5. The Morgan fingerprint density at radius 3 is 2.43 bits per heavy atom. The van der Waals surface area contributed by atoms with Gasteiger partial charge in [-0.1, -0.05) is 26.0 Å². The molecule has 0 saturated carbocycles. The average Bonchev–Trinajstić information content (AvgIpc) is 3.44. The van der Waals surface area contributed by atoms with Crippen LogP contribution in [0.15, 0.2) is 60.2 Å². The molecular formula is C24H23F3N4O3S. The number of aromatic nitrogens is 3. The maximum atomic E-state index is 13.2. The zero-order valence-corrected chi connectivity index (χ0v) is 20.0. The second-order valence-corrected chi connectivity index (χ2v) is 8.80. The standard InChI is InChI=1S/C22H22N4OS.C2HF3O2/c1-15(2)21-24-18(14-28-21)20-12-17(19-9-5-7-11-26(19)20)22(27)25(3)13-16-8-4-6-10-23-16;3-2(4,5)1(6)7/h4-12,14-15H,13H2,1-3H3;(H,6,7). The van der Waals surface area contributed by atoms with Gasteiger partial charge in [0, 0.05) is 30.7 Å². The number of fused-ring (bicyclic) bond motifs is 1. The van der Waals surface area contributed by atoms with Crippen molar-refractivity contribution in [2.75, 3.05) is 7.05 Å². The fraction of sp³-hybridized carbons (Fsp3) is 0.250. The number of aliphatic carboxylic acids is 1. The van der Waals surface area contributed by atoms with Crippen LogP contribution < -0.4 is 0 Å². The van der Waals surface area contributed by atoms with E-state index in [1.807, 2.05) is 60.1 Å². The third-order valence-electron chi connectivity index (χ3n) is 4.90. The summed E-state index contributed by atoms with van der Waals surface area (Å²) in [5.74, 6) is -2.40. The van der Waals surface area contributed by atoms with Crippen LogP contribution in [0.4, 0.5) is 13.2 Å². The maximum Gasteiger partial charge on any atom is 0.490 e. The summed E-state index contributed by atoms with van der Waals surface area (Å²) in [6.45, 7) is 4.74.